The van der Waals surface area contributed by atoms with E-state index in [0.29, 0.717) is 63.5 Å². The maximum atomic E-state index is 14.5. The van der Waals surface area contributed by atoms with Crippen molar-refractivity contribution in [3.8, 4) is 39.0 Å². The van der Waals surface area contributed by atoms with Crippen molar-refractivity contribution in [2.45, 2.75) is 20.3 Å². The van der Waals surface area contributed by atoms with Gasteiger partial charge < -0.3 is 19.7 Å². The molecule has 1 saturated heterocycles. The Hall–Kier alpha value is -3.66. The smallest absolute Gasteiger partial charge is 0.265 e. The lowest BCUT2D eigenvalue weighted by Gasteiger charge is -2.29. The lowest BCUT2D eigenvalue weighted by atomic mass is 9.99. The highest BCUT2D eigenvalue weighted by Gasteiger charge is 2.29. The highest BCUT2D eigenvalue weighted by Crippen LogP contribution is 2.36. The van der Waals surface area contributed by atoms with Gasteiger partial charge in [0.05, 0.1) is 31.0 Å². The van der Waals surface area contributed by atoms with Crippen molar-refractivity contribution in [1.29, 1.82) is 0 Å². The van der Waals surface area contributed by atoms with Crippen LogP contribution < -0.4 is 20.3 Å². The van der Waals surface area contributed by atoms with Crippen LogP contribution in [-0.4, -0.2) is 60.8 Å². The summed E-state index contributed by atoms with van der Waals surface area (Å²) in [5.41, 5.74) is 3.22. The molecule has 1 amide bonds. The Bertz CT molecular complexity index is 1590. The number of halogens is 1. The second kappa shape index (κ2) is 12.5. The van der Waals surface area contributed by atoms with Gasteiger partial charge in [-0.25, -0.2) is 4.98 Å². The van der Waals surface area contributed by atoms with E-state index in [9.17, 15) is 9.59 Å². The van der Waals surface area contributed by atoms with E-state index in [1.165, 1.54) is 11.3 Å². The number of carbonyl (C=O) groups excluding carboxylic acids is 1. The summed E-state index contributed by atoms with van der Waals surface area (Å²) in [7, 11) is 3.11. The third-order valence-corrected chi connectivity index (χ3v) is 8.17. The molecule has 3 heterocycles. The summed E-state index contributed by atoms with van der Waals surface area (Å²) in [6, 6.07) is 14.5. The third-order valence-electron chi connectivity index (χ3n) is 7.04. The number of carbonyl (C=O) groups is 1. The van der Waals surface area contributed by atoms with Crippen LogP contribution >= 0.6 is 22.9 Å². The van der Waals surface area contributed by atoms with Gasteiger partial charge in [-0.1, -0.05) is 43.6 Å². The number of methoxy groups -OCH3 is 2. The second-order valence-electron chi connectivity index (χ2n) is 10.3. The van der Waals surface area contributed by atoms with Crippen LogP contribution in [0.4, 0.5) is 0 Å². The Morgan fingerprint density at radius 3 is 2.34 bits per heavy atom. The van der Waals surface area contributed by atoms with Crippen molar-refractivity contribution >= 4 is 28.8 Å². The van der Waals surface area contributed by atoms with Gasteiger partial charge >= 0.3 is 0 Å². The minimum absolute atomic E-state index is 0.111. The van der Waals surface area contributed by atoms with Gasteiger partial charge in [-0.3, -0.25) is 14.2 Å². The van der Waals surface area contributed by atoms with Gasteiger partial charge in [-0.05, 0) is 42.7 Å². The molecule has 4 aromatic rings. The van der Waals surface area contributed by atoms with Crippen LogP contribution in [0.1, 0.15) is 29.9 Å². The molecule has 0 bridgehead atoms. The maximum Gasteiger partial charge on any atom is 0.265 e. The number of nitrogens with one attached hydrogen (secondary N) is 1. The fourth-order valence-corrected chi connectivity index (χ4v) is 6.02. The SMILES string of the molecule is COc1cccc(OC)c1-n1c(CC(C)C)c(C(=O)N2CCNCC2)cc(-c2nc(-c3ccc(Cl)cc3)cs2)c1=O. The number of rotatable bonds is 8. The molecule has 1 N–H and O–H groups in total. The van der Waals surface area contributed by atoms with Crippen LogP contribution in [0.25, 0.3) is 27.5 Å². The molecule has 0 aliphatic carbocycles. The second-order valence-corrected chi connectivity index (χ2v) is 11.5. The minimum atomic E-state index is -0.294. The Balaban J connectivity index is 1.80. The van der Waals surface area contributed by atoms with Gasteiger partial charge in [0.25, 0.3) is 11.5 Å². The normalized spacial score (nSPS) is 13.5. The topological polar surface area (TPSA) is 85.7 Å². The summed E-state index contributed by atoms with van der Waals surface area (Å²) in [6.45, 7) is 6.75. The highest BCUT2D eigenvalue weighted by atomic mass is 35.5. The average molecular weight is 593 g/mol. The lowest BCUT2D eigenvalue weighted by molar-refractivity contribution is 0.0733. The van der Waals surface area contributed by atoms with E-state index < -0.39 is 0 Å². The van der Waals surface area contributed by atoms with E-state index in [1.54, 1.807) is 37.0 Å². The van der Waals surface area contributed by atoms with Crippen LogP contribution in [0, 0.1) is 5.92 Å². The maximum absolute atomic E-state index is 14.5. The van der Waals surface area contributed by atoms with E-state index in [1.807, 2.05) is 40.6 Å². The van der Waals surface area contributed by atoms with E-state index in [0.717, 1.165) is 24.3 Å². The number of para-hydroxylation sites is 1. The highest BCUT2D eigenvalue weighted by molar-refractivity contribution is 7.13. The molecule has 1 fully saturated rings. The number of benzene rings is 2. The molecule has 214 valence electrons. The summed E-state index contributed by atoms with van der Waals surface area (Å²) in [5.74, 6) is 0.990. The van der Waals surface area contributed by atoms with E-state index in [-0.39, 0.29) is 17.4 Å². The molecule has 0 radical (unpaired) electrons. The van der Waals surface area contributed by atoms with Crippen LogP contribution in [0.2, 0.25) is 5.02 Å². The Morgan fingerprint density at radius 2 is 1.73 bits per heavy atom. The first kappa shape index (κ1) is 28.9. The molecular formula is C31H33ClN4O4S. The molecular weight excluding hydrogens is 560 g/mol. The quantitative estimate of drug-likeness (QED) is 0.289. The first-order valence-electron chi connectivity index (χ1n) is 13.5. The van der Waals surface area contributed by atoms with Crippen molar-refractivity contribution in [2.75, 3.05) is 40.4 Å². The van der Waals surface area contributed by atoms with Crippen molar-refractivity contribution in [3.05, 3.63) is 80.5 Å². The van der Waals surface area contributed by atoms with Gasteiger partial charge in [-0.2, -0.15) is 0 Å². The van der Waals surface area contributed by atoms with Gasteiger partial charge in [0.1, 0.15) is 22.2 Å². The van der Waals surface area contributed by atoms with Crippen LogP contribution in [0.15, 0.2) is 58.7 Å². The number of hydrogen-bond donors (Lipinski definition) is 1. The Kier molecular flexibility index (Phi) is 8.77. The van der Waals surface area contributed by atoms with Gasteiger partial charge in [0, 0.05) is 47.8 Å². The largest absolute Gasteiger partial charge is 0.494 e. The van der Waals surface area contributed by atoms with Crippen molar-refractivity contribution in [2.24, 2.45) is 5.92 Å². The molecule has 8 nitrogen and oxygen atoms in total. The van der Waals surface area contributed by atoms with Crippen LogP contribution in [0.3, 0.4) is 0 Å². The predicted molar refractivity (Wildman–Crippen MR) is 164 cm³/mol. The van der Waals surface area contributed by atoms with E-state index in [4.69, 9.17) is 26.1 Å². The number of pyridine rings is 1. The number of thiazole rings is 1. The predicted octanol–water partition coefficient (Wildman–Crippen LogP) is 5.54. The van der Waals surface area contributed by atoms with Gasteiger partial charge in [-0.15, -0.1) is 11.3 Å². The Labute approximate surface area is 248 Å². The zero-order valence-electron chi connectivity index (χ0n) is 23.6. The molecule has 2 aromatic heterocycles. The molecule has 2 aromatic carbocycles. The molecule has 41 heavy (non-hydrogen) atoms. The van der Waals surface area contributed by atoms with Crippen molar-refractivity contribution in [1.82, 2.24) is 19.8 Å². The summed E-state index contributed by atoms with van der Waals surface area (Å²) in [6.07, 6.45) is 0.498. The molecule has 10 heteroatoms. The molecule has 0 saturated carbocycles. The van der Waals surface area contributed by atoms with Gasteiger partial charge in [0.2, 0.25) is 0 Å². The summed E-state index contributed by atoms with van der Waals surface area (Å²) >= 11 is 7.45. The Morgan fingerprint density at radius 1 is 1.07 bits per heavy atom. The third kappa shape index (κ3) is 5.88. The first-order chi connectivity index (χ1) is 19.8. The molecule has 0 spiro atoms. The average Bonchev–Trinajstić information content (AvgIpc) is 3.47. The summed E-state index contributed by atoms with van der Waals surface area (Å²) in [5, 5.41) is 6.37. The number of aromatic nitrogens is 2. The number of nitrogens with zero attached hydrogens (tertiary/aromatic N) is 3. The van der Waals surface area contributed by atoms with Crippen molar-refractivity contribution in [3.63, 3.8) is 0 Å². The van der Waals surface area contributed by atoms with Crippen LogP contribution in [-0.2, 0) is 6.42 Å². The first-order valence-corrected chi connectivity index (χ1v) is 14.8. The number of hydrogen-bond acceptors (Lipinski definition) is 7. The number of piperazine rings is 1. The summed E-state index contributed by atoms with van der Waals surface area (Å²) in [4.78, 5) is 35.3. The fourth-order valence-electron chi connectivity index (χ4n) is 5.06. The lowest BCUT2D eigenvalue weighted by Crippen LogP contribution is -2.47. The fraction of sp³-hybridized carbons (Fsp3) is 0.323. The minimum Gasteiger partial charge on any atom is -0.494 e. The zero-order chi connectivity index (χ0) is 29.1. The van der Waals surface area contributed by atoms with E-state index >= 15 is 0 Å². The van der Waals surface area contributed by atoms with Crippen molar-refractivity contribution < 1.29 is 14.3 Å². The molecule has 0 unspecified atom stereocenters. The van der Waals surface area contributed by atoms with Gasteiger partial charge in [0.15, 0.2) is 0 Å². The standard InChI is InChI=1S/C31H33ClN4O4S/c1-19(2)16-25-22(30(37)35-14-12-33-13-15-35)17-23(29-34-24(18-41-29)20-8-10-21(32)11-9-20)31(38)36(25)28-26(39-3)6-5-7-27(28)40-4/h5-11,17-19,33H,12-16H2,1-4H3. The molecule has 5 rings (SSSR count). The number of amides is 1. The number of ether oxygens (including phenoxy) is 2. The van der Waals surface area contributed by atoms with Crippen LogP contribution in [0.5, 0.6) is 11.5 Å². The molecule has 1 aliphatic heterocycles. The molecule has 1 aliphatic rings. The molecule has 0 atom stereocenters. The van der Waals surface area contributed by atoms with E-state index in [2.05, 4.69) is 19.2 Å². The zero-order valence-corrected chi connectivity index (χ0v) is 25.1. The summed E-state index contributed by atoms with van der Waals surface area (Å²) < 4.78 is 13.1. The monoisotopic (exact) mass is 592 g/mol.